The van der Waals surface area contributed by atoms with Crippen molar-refractivity contribution < 1.29 is 0 Å². The van der Waals surface area contributed by atoms with Crippen LogP contribution in [0.3, 0.4) is 0 Å². The second-order valence-electron chi connectivity index (χ2n) is 1.64. The van der Waals surface area contributed by atoms with E-state index in [-0.39, 0.29) is 0 Å². The summed E-state index contributed by atoms with van der Waals surface area (Å²) in [6, 6.07) is 8.54. The van der Waals surface area contributed by atoms with Gasteiger partial charge in [-0.3, -0.25) is 0 Å². The van der Waals surface area contributed by atoms with Crippen molar-refractivity contribution in [3.05, 3.63) is 34.9 Å². The van der Waals surface area contributed by atoms with E-state index in [0.29, 0.717) is 0 Å². The Morgan fingerprint density at radius 3 is 2.75 bits per heavy atom. The summed E-state index contributed by atoms with van der Waals surface area (Å²) in [6.07, 6.45) is 0. The van der Waals surface area contributed by atoms with Crippen LogP contribution in [-0.2, 0) is 0 Å². The van der Waals surface area contributed by atoms with Gasteiger partial charge < -0.3 is 0 Å². The third kappa shape index (κ3) is 1.01. The molecule has 1 aromatic carbocycles. The van der Waals surface area contributed by atoms with E-state index in [2.05, 4.69) is 6.07 Å². The molecule has 0 N–H and O–H groups in total. The van der Waals surface area contributed by atoms with Crippen molar-refractivity contribution in [2.24, 2.45) is 0 Å². The Hall–Kier alpha value is -0.490. The molecule has 8 heavy (non-hydrogen) atoms. The lowest BCUT2D eigenvalue weighted by Crippen LogP contribution is -1.69. The molecule has 0 aliphatic heterocycles. The average molecular weight is 126 g/mol. The van der Waals surface area contributed by atoms with Crippen LogP contribution < -0.4 is 0 Å². The minimum Gasteiger partial charge on any atom is -0.0840 e. The molecule has 1 rings (SSSR count). The molecule has 0 heterocycles. The van der Waals surface area contributed by atoms with Crippen LogP contribution in [0.5, 0.6) is 0 Å². The summed E-state index contributed by atoms with van der Waals surface area (Å²) >= 11 is 5.68. The quantitative estimate of drug-likeness (QED) is 0.500. The zero-order valence-electron chi connectivity index (χ0n) is 4.61. The van der Waals surface area contributed by atoms with E-state index in [1.54, 1.807) is 0 Å². The van der Waals surface area contributed by atoms with Gasteiger partial charge in [-0.25, -0.2) is 0 Å². The van der Waals surface area contributed by atoms with Gasteiger partial charge in [0.15, 0.2) is 0 Å². The molecule has 0 aliphatic carbocycles. The summed E-state index contributed by atoms with van der Waals surface area (Å²) in [5.41, 5.74) is 1.01. The van der Waals surface area contributed by atoms with Crippen molar-refractivity contribution >= 4 is 11.6 Å². The van der Waals surface area contributed by atoms with Gasteiger partial charge in [-0.05, 0) is 24.6 Å². The monoisotopic (exact) mass is 125 g/mol. The van der Waals surface area contributed by atoms with Crippen LogP contribution in [0.1, 0.15) is 5.56 Å². The van der Waals surface area contributed by atoms with Crippen LogP contribution in [0.2, 0.25) is 5.02 Å². The zero-order valence-corrected chi connectivity index (χ0v) is 5.37. The maximum Gasteiger partial charge on any atom is 0.0441 e. The maximum atomic E-state index is 5.68. The second-order valence-corrected chi connectivity index (χ2v) is 2.05. The van der Waals surface area contributed by atoms with Crippen molar-refractivity contribution in [3.8, 4) is 0 Å². The molecule has 0 spiro atoms. The molecule has 41 valence electrons. The number of halogens is 1. The average Bonchev–Trinajstić information content (AvgIpc) is 1.77. The van der Waals surface area contributed by atoms with Crippen LogP contribution in [0.25, 0.3) is 0 Å². The molecule has 0 fully saturated rings. The van der Waals surface area contributed by atoms with Crippen molar-refractivity contribution in [1.82, 2.24) is 0 Å². The smallest absolute Gasteiger partial charge is 0.0441 e. The normalized spacial score (nSPS) is 9.25. The number of hydrogen-bond donors (Lipinski definition) is 0. The van der Waals surface area contributed by atoms with E-state index in [9.17, 15) is 0 Å². The fourth-order valence-electron chi connectivity index (χ4n) is 0.500. The lowest BCUT2D eigenvalue weighted by Gasteiger charge is -1.90. The molecule has 0 nitrogen and oxygen atoms in total. The Bertz CT molecular complexity index is 160. The summed E-state index contributed by atoms with van der Waals surface area (Å²) in [5.74, 6) is 0. The van der Waals surface area contributed by atoms with Gasteiger partial charge in [0.1, 0.15) is 0 Å². The summed E-state index contributed by atoms with van der Waals surface area (Å²) in [6.45, 7) is 1.93. The Morgan fingerprint density at radius 2 is 2.38 bits per heavy atom. The minimum atomic E-state index is 0.785. The number of benzene rings is 1. The molecule has 0 amide bonds. The van der Waals surface area contributed by atoms with Gasteiger partial charge in [-0.2, -0.15) is 0 Å². The number of hydrogen-bond acceptors (Lipinski definition) is 0. The standard InChI is InChI=1S/C7H6Cl/c1-6-4-2-3-5-7(6)8/h2-3,5H,1H3. The summed E-state index contributed by atoms with van der Waals surface area (Å²) < 4.78 is 0. The molecule has 1 radical (unpaired) electrons. The lowest BCUT2D eigenvalue weighted by atomic mass is 10.2. The first-order chi connectivity index (χ1) is 3.80. The van der Waals surface area contributed by atoms with Crippen molar-refractivity contribution in [3.63, 3.8) is 0 Å². The predicted octanol–water partition coefficient (Wildman–Crippen LogP) is 2.45. The Balaban J connectivity index is 3.13. The molecular weight excluding hydrogens is 120 g/mol. The minimum absolute atomic E-state index is 0.785. The van der Waals surface area contributed by atoms with Crippen molar-refractivity contribution in [1.29, 1.82) is 0 Å². The molecule has 0 saturated heterocycles. The fourth-order valence-corrected chi connectivity index (χ4v) is 0.627. The van der Waals surface area contributed by atoms with Gasteiger partial charge in [0.25, 0.3) is 0 Å². The molecule has 1 aromatic rings. The van der Waals surface area contributed by atoms with Gasteiger partial charge in [0.05, 0.1) is 0 Å². The molecule has 1 heteroatoms. The van der Waals surface area contributed by atoms with Crippen LogP contribution in [-0.4, -0.2) is 0 Å². The zero-order chi connectivity index (χ0) is 5.98. The Labute approximate surface area is 54.1 Å². The first-order valence-electron chi connectivity index (χ1n) is 2.43. The van der Waals surface area contributed by atoms with Crippen LogP contribution in [0.4, 0.5) is 0 Å². The van der Waals surface area contributed by atoms with Crippen molar-refractivity contribution in [2.45, 2.75) is 6.92 Å². The predicted molar refractivity (Wildman–Crippen MR) is 35.0 cm³/mol. The summed E-state index contributed by atoms with van der Waals surface area (Å²) in [7, 11) is 0. The molecular formula is C7H6Cl. The van der Waals surface area contributed by atoms with Gasteiger partial charge in [0.2, 0.25) is 0 Å². The van der Waals surface area contributed by atoms with Gasteiger partial charge >= 0.3 is 0 Å². The van der Waals surface area contributed by atoms with E-state index in [0.717, 1.165) is 10.6 Å². The molecule has 0 atom stereocenters. The van der Waals surface area contributed by atoms with Crippen LogP contribution in [0.15, 0.2) is 18.2 Å². The summed E-state index contributed by atoms with van der Waals surface area (Å²) in [4.78, 5) is 0. The molecule has 0 unspecified atom stereocenters. The van der Waals surface area contributed by atoms with Crippen molar-refractivity contribution in [2.75, 3.05) is 0 Å². The highest BCUT2D eigenvalue weighted by Crippen LogP contribution is 2.11. The molecule has 0 bridgehead atoms. The highest BCUT2D eigenvalue weighted by atomic mass is 35.5. The van der Waals surface area contributed by atoms with E-state index in [1.165, 1.54) is 0 Å². The number of rotatable bonds is 0. The molecule has 0 aliphatic rings. The second kappa shape index (κ2) is 2.19. The van der Waals surface area contributed by atoms with E-state index >= 15 is 0 Å². The fraction of sp³-hybridized carbons (Fsp3) is 0.143. The van der Waals surface area contributed by atoms with E-state index in [1.807, 2.05) is 25.1 Å². The highest BCUT2D eigenvalue weighted by molar-refractivity contribution is 6.31. The summed E-state index contributed by atoms with van der Waals surface area (Å²) in [5, 5.41) is 0.785. The number of aryl methyl sites for hydroxylation is 1. The topological polar surface area (TPSA) is 0 Å². The van der Waals surface area contributed by atoms with E-state index in [4.69, 9.17) is 11.6 Å². The molecule has 0 aromatic heterocycles. The maximum absolute atomic E-state index is 5.68. The lowest BCUT2D eigenvalue weighted by molar-refractivity contribution is 1.46. The SMILES string of the molecule is Cc1[c]cccc1Cl. The third-order valence-corrected chi connectivity index (χ3v) is 1.41. The van der Waals surface area contributed by atoms with Gasteiger partial charge in [-0.15, -0.1) is 0 Å². The first kappa shape index (κ1) is 5.64. The highest BCUT2D eigenvalue weighted by Gasteiger charge is 1.87. The van der Waals surface area contributed by atoms with Gasteiger partial charge in [-0.1, -0.05) is 23.7 Å². The molecule has 0 saturated carbocycles. The Kier molecular flexibility index (Phi) is 1.54. The van der Waals surface area contributed by atoms with Gasteiger partial charge in [0, 0.05) is 5.02 Å². The van der Waals surface area contributed by atoms with E-state index < -0.39 is 0 Å². The van der Waals surface area contributed by atoms with Crippen LogP contribution in [0, 0.1) is 13.0 Å². The van der Waals surface area contributed by atoms with Crippen LogP contribution >= 0.6 is 11.6 Å². The first-order valence-corrected chi connectivity index (χ1v) is 2.81. The third-order valence-electron chi connectivity index (χ3n) is 0.997. The largest absolute Gasteiger partial charge is 0.0840 e. The Morgan fingerprint density at radius 1 is 1.62 bits per heavy atom.